The molecule has 0 aromatic heterocycles. The molecule has 1 aromatic carbocycles. The molecule has 0 saturated carbocycles. The number of halogens is 4. The molecular formula is C18H23F4NO3. The van der Waals surface area contributed by atoms with E-state index in [4.69, 9.17) is 4.74 Å². The molecule has 1 aromatic rings. The Kier molecular flexibility index (Phi) is 5.56. The fourth-order valence-electron chi connectivity index (χ4n) is 3.10. The predicted molar refractivity (Wildman–Crippen MR) is 86.9 cm³/mol. The quantitative estimate of drug-likeness (QED) is 0.732. The lowest BCUT2D eigenvalue weighted by atomic mass is 9.87. The number of carbonyl (C=O) groups is 1. The number of aliphatic hydroxyl groups excluding tert-OH is 1. The smallest absolute Gasteiger partial charge is 0.416 e. The number of likely N-dealkylation sites (tertiary alicyclic amines) is 1. The van der Waals surface area contributed by atoms with Gasteiger partial charge in [0.1, 0.15) is 11.4 Å². The Labute approximate surface area is 149 Å². The van der Waals surface area contributed by atoms with E-state index >= 15 is 0 Å². The highest BCUT2D eigenvalue weighted by Crippen LogP contribution is 2.38. The van der Waals surface area contributed by atoms with Crippen molar-refractivity contribution < 1.29 is 32.2 Å². The fraction of sp³-hybridized carbons (Fsp3) is 0.611. The average molecular weight is 377 g/mol. The summed E-state index contributed by atoms with van der Waals surface area (Å²) >= 11 is 0. The van der Waals surface area contributed by atoms with Crippen molar-refractivity contribution in [2.75, 3.05) is 6.54 Å². The van der Waals surface area contributed by atoms with Gasteiger partial charge in [-0.15, -0.1) is 0 Å². The van der Waals surface area contributed by atoms with E-state index in [0.29, 0.717) is 12.5 Å². The summed E-state index contributed by atoms with van der Waals surface area (Å²) in [6, 6.07) is 0.992. The lowest BCUT2D eigenvalue weighted by Gasteiger charge is -2.42. The third kappa shape index (κ3) is 4.66. The van der Waals surface area contributed by atoms with E-state index in [0.717, 1.165) is 12.1 Å². The predicted octanol–water partition coefficient (Wildman–Crippen LogP) is 4.52. The van der Waals surface area contributed by atoms with Gasteiger partial charge < -0.3 is 9.84 Å². The molecule has 1 fully saturated rings. The zero-order chi connectivity index (χ0) is 19.9. The van der Waals surface area contributed by atoms with Gasteiger partial charge in [-0.2, -0.15) is 13.2 Å². The molecule has 1 heterocycles. The van der Waals surface area contributed by atoms with Gasteiger partial charge in [-0.1, -0.05) is 13.0 Å². The van der Waals surface area contributed by atoms with Crippen molar-refractivity contribution in [3.63, 3.8) is 0 Å². The van der Waals surface area contributed by atoms with Crippen LogP contribution in [0, 0.1) is 11.7 Å². The zero-order valence-corrected chi connectivity index (χ0v) is 15.1. The van der Waals surface area contributed by atoms with Crippen LogP contribution in [-0.4, -0.2) is 34.3 Å². The van der Waals surface area contributed by atoms with Gasteiger partial charge >= 0.3 is 12.3 Å². The number of amides is 1. The van der Waals surface area contributed by atoms with E-state index in [-0.39, 0.29) is 18.0 Å². The monoisotopic (exact) mass is 377 g/mol. The molecule has 26 heavy (non-hydrogen) atoms. The highest BCUT2D eigenvalue weighted by molar-refractivity contribution is 5.69. The molecule has 3 atom stereocenters. The summed E-state index contributed by atoms with van der Waals surface area (Å²) in [5, 5.41) is 10.4. The van der Waals surface area contributed by atoms with Crippen LogP contribution in [0.5, 0.6) is 0 Å². The first-order valence-corrected chi connectivity index (χ1v) is 8.34. The lowest BCUT2D eigenvalue weighted by Crippen LogP contribution is -2.49. The number of hydrogen-bond acceptors (Lipinski definition) is 3. The van der Waals surface area contributed by atoms with E-state index in [1.165, 1.54) is 4.90 Å². The van der Waals surface area contributed by atoms with Crippen molar-refractivity contribution in [2.45, 2.75) is 58.0 Å². The van der Waals surface area contributed by atoms with E-state index in [1.807, 2.05) is 6.92 Å². The van der Waals surface area contributed by atoms with Crippen LogP contribution < -0.4 is 0 Å². The van der Waals surface area contributed by atoms with Gasteiger partial charge in [0, 0.05) is 12.1 Å². The van der Waals surface area contributed by atoms with Gasteiger partial charge in [-0.3, -0.25) is 4.90 Å². The number of ether oxygens (including phenoxy) is 1. The van der Waals surface area contributed by atoms with Gasteiger partial charge in [0.25, 0.3) is 0 Å². The van der Waals surface area contributed by atoms with E-state index < -0.39 is 41.4 Å². The summed E-state index contributed by atoms with van der Waals surface area (Å²) in [7, 11) is 0. The first kappa shape index (κ1) is 20.5. The van der Waals surface area contributed by atoms with Gasteiger partial charge in [0.15, 0.2) is 0 Å². The number of nitrogens with zero attached hydrogens (tertiary/aromatic N) is 1. The lowest BCUT2D eigenvalue weighted by molar-refractivity contribution is -0.137. The normalized spacial score (nSPS) is 24.5. The number of benzene rings is 1. The van der Waals surface area contributed by atoms with Crippen LogP contribution in [0.15, 0.2) is 18.2 Å². The Morgan fingerprint density at radius 1 is 1.27 bits per heavy atom. The largest absolute Gasteiger partial charge is 0.444 e. The van der Waals surface area contributed by atoms with Crippen molar-refractivity contribution in [3.05, 3.63) is 35.1 Å². The molecule has 1 saturated heterocycles. The van der Waals surface area contributed by atoms with E-state index in [9.17, 15) is 27.5 Å². The topological polar surface area (TPSA) is 49.8 Å². The van der Waals surface area contributed by atoms with E-state index in [2.05, 4.69) is 0 Å². The summed E-state index contributed by atoms with van der Waals surface area (Å²) < 4.78 is 58.0. The maximum absolute atomic E-state index is 14.4. The van der Waals surface area contributed by atoms with Crippen molar-refractivity contribution in [1.29, 1.82) is 0 Å². The number of hydrogen-bond donors (Lipinski definition) is 1. The first-order valence-electron chi connectivity index (χ1n) is 8.34. The summed E-state index contributed by atoms with van der Waals surface area (Å²) in [6.45, 7) is 7.03. The molecule has 1 aliphatic heterocycles. The zero-order valence-electron chi connectivity index (χ0n) is 15.1. The molecule has 0 bridgehead atoms. The van der Waals surface area contributed by atoms with Crippen LogP contribution >= 0.6 is 0 Å². The number of carbonyl (C=O) groups excluding carboxylic acids is 1. The number of aliphatic hydroxyl groups is 1. The highest BCUT2D eigenvalue weighted by Gasteiger charge is 2.41. The minimum Gasteiger partial charge on any atom is -0.444 e. The molecule has 0 unspecified atom stereocenters. The maximum atomic E-state index is 14.4. The molecule has 1 amide bonds. The van der Waals surface area contributed by atoms with Crippen LogP contribution in [0.2, 0.25) is 0 Å². The van der Waals surface area contributed by atoms with Gasteiger partial charge in [-0.25, -0.2) is 9.18 Å². The standard InChI is InChI=1S/C18H23F4NO3/c1-10-7-14(24)15(23(9-10)16(25)26-17(2,3)4)12-6-5-11(8-13(12)19)18(20,21)22/h5-6,8,10,14-15,24H,7,9H2,1-4H3/t10-,14-,15+/m1/s1. The molecule has 0 spiro atoms. The Morgan fingerprint density at radius 2 is 1.88 bits per heavy atom. The van der Waals surface area contributed by atoms with Crippen LogP contribution in [0.25, 0.3) is 0 Å². The van der Waals surface area contributed by atoms with Gasteiger partial charge in [0.2, 0.25) is 0 Å². The minimum atomic E-state index is -4.68. The van der Waals surface area contributed by atoms with Crippen molar-refractivity contribution >= 4 is 6.09 Å². The number of piperidine rings is 1. The molecule has 8 heteroatoms. The van der Waals surface area contributed by atoms with Crippen molar-refractivity contribution in [2.24, 2.45) is 5.92 Å². The molecule has 146 valence electrons. The second-order valence-corrected chi connectivity index (χ2v) is 7.72. The van der Waals surface area contributed by atoms with Crippen LogP contribution in [0.4, 0.5) is 22.4 Å². The Hall–Kier alpha value is -1.83. The van der Waals surface area contributed by atoms with Crippen LogP contribution in [0.1, 0.15) is 51.3 Å². The number of alkyl halides is 3. The molecule has 2 rings (SSSR count). The second kappa shape index (κ2) is 7.06. The summed E-state index contributed by atoms with van der Waals surface area (Å²) in [5.74, 6) is -1.18. The average Bonchev–Trinajstić information content (AvgIpc) is 2.44. The van der Waals surface area contributed by atoms with Crippen molar-refractivity contribution in [3.8, 4) is 0 Å². The molecule has 4 nitrogen and oxygen atoms in total. The Morgan fingerprint density at radius 3 is 2.38 bits per heavy atom. The highest BCUT2D eigenvalue weighted by atomic mass is 19.4. The molecule has 1 N–H and O–H groups in total. The summed E-state index contributed by atoms with van der Waals surface area (Å²) in [5.41, 5.74) is -2.09. The van der Waals surface area contributed by atoms with Crippen LogP contribution in [0.3, 0.4) is 0 Å². The molecule has 0 aliphatic carbocycles. The third-order valence-corrected chi connectivity index (χ3v) is 4.13. The van der Waals surface area contributed by atoms with Crippen molar-refractivity contribution in [1.82, 2.24) is 4.90 Å². The fourth-order valence-corrected chi connectivity index (χ4v) is 3.10. The van der Waals surface area contributed by atoms with Crippen LogP contribution in [-0.2, 0) is 10.9 Å². The van der Waals surface area contributed by atoms with Gasteiger partial charge in [-0.05, 0) is 45.2 Å². The molecule has 0 radical (unpaired) electrons. The van der Waals surface area contributed by atoms with Gasteiger partial charge in [0.05, 0.1) is 17.7 Å². The summed E-state index contributed by atoms with van der Waals surface area (Å²) in [6.07, 6.45) is -6.24. The summed E-state index contributed by atoms with van der Waals surface area (Å²) in [4.78, 5) is 13.7. The first-order chi connectivity index (χ1) is 11.8. The molecule has 1 aliphatic rings. The second-order valence-electron chi connectivity index (χ2n) is 7.72. The maximum Gasteiger partial charge on any atom is 0.416 e. The minimum absolute atomic E-state index is 0.0636. The molecular weight excluding hydrogens is 354 g/mol. The SMILES string of the molecule is C[C@@H]1C[C@@H](O)[C@H](c2ccc(C(F)(F)F)cc2F)N(C(=O)OC(C)(C)C)C1. The van der Waals surface area contributed by atoms with E-state index in [1.54, 1.807) is 20.8 Å². The third-order valence-electron chi connectivity index (χ3n) is 4.13. The Balaban J connectivity index is 2.41. The Bertz CT molecular complexity index is 669. The number of rotatable bonds is 1.